The fourth-order valence-electron chi connectivity index (χ4n) is 2.50. The molecule has 2 aromatic rings. The molecule has 2 aromatic carbocycles. The van der Waals surface area contributed by atoms with E-state index < -0.39 is 11.7 Å². The molecule has 1 saturated heterocycles. The third kappa shape index (κ3) is 4.14. The number of rotatable bonds is 5. The molecule has 0 aromatic heterocycles. The van der Waals surface area contributed by atoms with Gasteiger partial charge in [-0.25, -0.2) is 4.39 Å². The monoisotopic (exact) mass is 400 g/mol. The number of carbonyl (C=O) groups is 1. The first kappa shape index (κ1) is 18.2. The van der Waals surface area contributed by atoms with Crippen molar-refractivity contribution >= 4 is 46.7 Å². The van der Waals surface area contributed by atoms with Gasteiger partial charge in [-0.15, -0.1) is 0 Å². The van der Waals surface area contributed by atoms with Crippen molar-refractivity contribution in [1.82, 2.24) is 4.72 Å². The highest BCUT2D eigenvalue weighted by Gasteiger charge is 2.29. The first-order valence-corrected chi connectivity index (χ1v) is 9.45. The number of anilines is 1. The molecule has 1 aliphatic heterocycles. The second-order valence-electron chi connectivity index (χ2n) is 5.52. The maximum absolute atomic E-state index is 14.1. The Morgan fingerprint density at radius 1 is 1.28 bits per heavy atom. The number of amides is 1. The number of hydrogen-bond donors (Lipinski definition) is 1. The highest BCUT2D eigenvalue weighted by Crippen LogP contribution is 2.31. The number of ether oxygens (including phenoxy) is 1. The van der Waals surface area contributed by atoms with E-state index in [9.17, 15) is 9.18 Å². The smallest absolute Gasteiger partial charge is 0.264 e. The summed E-state index contributed by atoms with van der Waals surface area (Å²) >= 11 is 13.1. The molecule has 4 nitrogen and oxygen atoms in total. The molecule has 1 aliphatic rings. The van der Waals surface area contributed by atoms with Crippen molar-refractivity contribution in [3.63, 3.8) is 0 Å². The van der Waals surface area contributed by atoms with Crippen molar-refractivity contribution in [3.05, 3.63) is 57.8 Å². The van der Waals surface area contributed by atoms with Crippen LogP contribution in [0.4, 0.5) is 10.1 Å². The SMILES string of the molecule is CSNC(=O)c1cc(Cl)c(OC2CN(c3ccc(Cl)cc3)C2)cc1F. The molecule has 25 heavy (non-hydrogen) atoms. The molecule has 132 valence electrons. The van der Waals surface area contributed by atoms with Crippen LogP contribution in [0.1, 0.15) is 10.4 Å². The zero-order valence-electron chi connectivity index (χ0n) is 13.3. The van der Waals surface area contributed by atoms with E-state index in [1.165, 1.54) is 6.07 Å². The summed E-state index contributed by atoms with van der Waals surface area (Å²) < 4.78 is 22.3. The van der Waals surface area contributed by atoms with E-state index in [2.05, 4.69) is 9.62 Å². The molecular formula is C17H15Cl2FN2O2S. The Balaban J connectivity index is 1.63. The zero-order valence-corrected chi connectivity index (χ0v) is 15.6. The highest BCUT2D eigenvalue weighted by molar-refractivity contribution is 7.97. The molecule has 0 atom stereocenters. The minimum absolute atomic E-state index is 0.0987. The average molecular weight is 401 g/mol. The van der Waals surface area contributed by atoms with E-state index in [4.69, 9.17) is 27.9 Å². The van der Waals surface area contributed by atoms with Gasteiger partial charge in [-0.1, -0.05) is 35.1 Å². The van der Waals surface area contributed by atoms with Crippen LogP contribution in [0.25, 0.3) is 0 Å². The van der Waals surface area contributed by atoms with Crippen LogP contribution in [0.5, 0.6) is 5.75 Å². The van der Waals surface area contributed by atoms with Crippen LogP contribution in [0.3, 0.4) is 0 Å². The number of halogens is 3. The molecule has 0 saturated carbocycles. The van der Waals surface area contributed by atoms with Crippen LogP contribution >= 0.6 is 35.1 Å². The molecule has 1 fully saturated rings. The summed E-state index contributed by atoms with van der Waals surface area (Å²) in [5, 5.41) is 0.891. The van der Waals surface area contributed by atoms with Gasteiger partial charge in [-0.3, -0.25) is 9.52 Å². The summed E-state index contributed by atoms with van der Waals surface area (Å²) in [4.78, 5) is 13.9. The Morgan fingerprint density at radius 2 is 1.96 bits per heavy atom. The summed E-state index contributed by atoms with van der Waals surface area (Å²) in [5.74, 6) is -0.962. The van der Waals surface area contributed by atoms with Crippen molar-refractivity contribution in [2.75, 3.05) is 24.2 Å². The highest BCUT2D eigenvalue weighted by atomic mass is 35.5. The van der Waals surface area contributed by atoms with Crippen molar-refractivity contribution in [2.24, 2.45) is 0 Å². The Hall–Kier alpha value is -1.63. The number of benzene rings is 2. The fourth-order valence-corrected chi connectivity index (χ4v) is 3.13. The van der Waals surface area contributed by atoms with Crippen LogP contribution in [0.2, 0.25) is 10.0 Å². The lowest BCUT2D eigenvalue weighted by Gasteiger charge is -2.40. The number of nitrogens with one attached hydrogen (secondary N) is 1. The lowest BCUT2D eigenvalue weighted by Crippen LogP contribution is -2.54. The minimum Gasteiger partial charge on any atom is -0.485 e. The quantitative estimate of drug-likeness (QED) is 0.754. The van der Waals surface area contributed by atoms with Gasteiger partial charge in [0, 0.05) is 23.0 Å². The van der Waals surface area contributed by atoms with Gasteiger partial charge in [0.1, 0.15) is 17.7 Å². The van der Waals surface area contributed by atoms with E-state index in [1.54, 1.807) is 6.26 Å². The van der Waals surface area contributed by atoms with E-state index in [1.807, 2.05) is 24.3 Å². The van der Waals surface area contributed by atoms with E-state index in [0.29, 0.717) is 18.1 Å². The summed E-state index contributed by atoms with van der Waals surface area (Å²) in [6.07, 6.45) is 1.58. The van der Waals surface area contributed by atoms with Gasteiger partial charge in [0.05, 0.1) is 23.7 Å². The molecule has 1 heterocycles. The first-order chi connectivity index (χ1) is 12.0. The van der Waals surface area contributed by atoms with Crippen molar-refractivity contribution in [3.8, 4) is 5.75 Å². The topological polar surface area (TPSA) is 41.6 Å². The second kappa shape index (κ2) is 7.72. The van der Waals surface area contributed by atoms with Crippen LogP contribution in [-0.2, 0) is 0 Å². The van der Waals surface area contributed by atoms with Gasteiger partial charge < -0.3 is 9.64 Å². The Morgan fingerprint density at radius 3 is 2.60 bits per heavy atom. The lowest BCUT2D eigenvalue weighted by molar-refractivity contribution is 0.0980. The van der Waals surface area contributed by atoms with Crippen LogP contribution in [-0.4, -0.2) is 31.4 Å². The van der Waals surface area contributed by atoms with Gasteiger partial charge in [-0.05, 0) is 30.3 Å². The maximum Gasteiger partial charge on any atom is 0.264 e. The summed E-state index contributed by atoms with van der Waals surface area (Å²) in [6, 6.07) is 9.97. The van der Waals surface area contributed by atoms with Crippen LogP contribution in [0, 0.1) is 5.82 Å². The zero-order chi connectivity index (χ0) is 18.0. The molecule has 0 aliphatic carbocycles. The molecular weight excluding hydrogens is 386 g/mol. The number of hydrogen-bond acceptors (Lipinski definition) is 4. The third-order valence-electron chi connectivity index (χ3n) is 3.79. The van der Waals surface area contributed by atoms with Crippen molar-refractivity contribution in [2.45, 2.75) is 6.10 Å². The van der Waals surface area contributed by atoms with E-state index in [0.717, 1.165) is 23.7 Å². The Bertz CT molecular complexity index is 783. The number of nitrogens with zero attached hydrogens (tertiary/aromatic N) is 1. The standard InChI is InChI=1S/C17H15Cl2FN2O2S/c1-25-21-17(23)13-6-14(19)16(7-15(13)20)24-12-8-22(9-12)11-4-2-10(18)3-5-11/h2-7,12H,8-9H2,1H3,(H,21,23). The normalized spacial score (nSPS) is 14.2. The predicted octanol–water partition coefficient (Wildman–Crippen LogP) is 4.41. The maximum atomic E-state index is 14.1. The summed E-state index contributed by atoms with van der Waals surface area (Å²) in [6.45, 7) is 1.32. The van der Waals surface area contributed by atoms with E-state index in [-0.39, 0.29) is 22.4 Å². The predicted molar refractivity (Wildman–Crippen MR) is 100 cm³/mol. The molecule has 0 spiro atoms. The molecule has 8 heteroatoms. The van der Waals surface area contributed by atoms with Gasteiger partial charge in [-0.2, -0.15) is 0 Å². The lowest BCUT2D eigenvalue weighted by atomic mass is 10.1. The molecule has 3 rings (SSSR count). The van der Waals surface area contributed by atoms with Crippen LogP contribution in [0.15, 0.2) is 36.4 Å². The van der Waals surface area contributed by atoms with Gasteiger partial charge in [0.15, 0.2) is 0 Å². The van der Waals surface area contributed by atoms with Crippen LogP contribution < -0.4 is 14.4 Å². The summed E-state index contributed by atoms with van der Waals surface area (Å²) in [5.41, 5.74) is 0.939. The first-order valence-electron chi connectivity index (χ1n) is 7.47. The van der Waals surface area contributed by atoms with Gasteiger partial charge >= 0.3 is 0 Å². The average Bonchev–Trinajstić information content (AvgIpc) is 2.54. The fraction of sp³-hybridized carbons (Fsp3) is 0.235. The summed E-state index contributed by atoms with van der Waals surface area (Å²) in [7, 11) is 0. The van der Waals surface area contributed by atoms with Crippen molar-refractivity contribution in [1.29, 1.82) is 0 Å². The van der Waals surface area contributed by atoms with Crippen molar-refractivity contribution < 1.29 is 13.9 Å². The Labute approximate surface area is 159 Å². The van der Waals surface area contributed by atoms with Gasteiger partial charge in [0.2, 0.25) is 0 Å². The Kier molecular flexibility index (Phi) is 5.61. The second-order valence-corrected chi connectivity index (χ2v) is 6.98. The largest absolute Gasteiger partial charge is 0.485 e. The third-order valence-corrected chi connectivity index (χ3v) is 4.73. The van der Waals surface area contributed by atoms with Gasteiger partial charge in [0.25, 0.3) is 5.91 Å². The molecule has 1 N–H and O–H groups in total. The molecule has 0 unspecified atom stereocenters. The number of carbonyl (C=O) groups excluding carboxylic acids is 1. The minimum atomic E-state index is -0.667. The van der Waals surface area contributed by atoms with E-state index >= 15 is 0 Å². The molecule has 0 bridgehead atoms. The molecule has 0 radical (unpaired) electrons. The molecule has 1 amide bonds.